The first-order chi connectivity index (χ1) is 15.0. The molecular formula is C27H41N3O2. The van der Waals surface area contributed by atoms with Crippen LogP contribution in [0.2, 0.25) is 0 Å². The molecule has 5 nitrogen and oxygen atoms in total. The summed E-state index contributed by atoms with van der Waals surface area (Å²) in [7, 11) is 0. The first-order valence-corrected chi connectivity index (χ1v) is 12.6. The Morgan fingerprint density at radius 1 is 1.31 bits per heavy atom. The lowest BCUT2D eigenvalue weighted by molar-refractivity contribution is -0.150. The number of allylic oxidation sites excluding steroid dienone is 1. The molecule has 4 aliphatic rings. The van der Waals surface area contributed by atoms with Crippen LogP contribution < -0.4 is 5.32 Å². The normalized spacial score (nSPS) is 41.4. The molecule has 2 amide bonds. The lowest BCUT2D eigenvalue weighted by Gasteiger charge is -2.58. The van der Waals surface area contributed by atoms with Crippen LogP contribution in [0.5, 0.6) is 0 Å². The Labute approximate surface area is 194 Å². The lowest BCUT2D eigenvalue weighted by Crippen LogP contribution is -2.60. The third-order valence-corrected chi connectivity index (χ3v) is 9.46. The van der Waals surface area contributed by atoms with Gasteiger partial charge in [-0.05, 0) is 69.6 Å². The molecule has 5 heteroatoms. The van der Waals surface area contributed by atoms with Gasteiger partial charge in [-0.2, -0.15) is 0 Å². The van der Waals surface area contributed by atoms with Crippen molar-refractivity contribution in [2.45, 2.75) is 84.2 Å². The smallest absolute Gasteiger partial charge is 0.240 e. The summed E-state index contributed by atoms with van der Waals surface area (Å²) in [6.07, 6.45) is 6.39. The Bertz CT molecular complexity index is 842. The summed E-state index contributed by atoms with van der Waals surface area (Å²) in [4.78, 5) is 30.6. The van der Waals surface area contributed by atoms with Gasteiger partial charge in [-0.15, -0.1) is 0 Å². The van der Waals surface area contributed by atoms with Crippen LogP contribution >= 0.6 is 0 Å². The van der Waals surface area contributed by atoms with Gasteiger partial charge in [0.05, 0.1) is 12.5 Å². The molecule has 3 saturated carbocycles. The fraction of sp³-hybridized carbons (Fsp3) is 0.815. The molecular weight excluding hydrogens is 398 g/mol. The van der Waals surface area contributed by atoms with E-state index < -0.39 is 0 Å². The molecule has 0 unspecified atom stereocenters. The molecule has 0 bridgehead atoms. The average Bonchev–Trinajstić information content (AvgIpc) is 2.72. The molecule has 8 atom stereocenters. The number of carbonyl (C=O) groups is 2. The summed E-state index contributed by atoms with van der Waals surface area (Å²) in [6, 6.07) is 0. The molecule has 0 spiro atoms. The van der Waals surface area contributed by atoms with Gasteiger partial charge in [0, 0.05) is 30.3 Å². The molecule has 1 aliphatic heterocycles. The number of rotatable bonds is 5. The van der Waals surface area contributed by atoms with Crippen molar-refractivity contribution in [2.24, 2.45) is 41.4 Å². The minimum absolute atomic E-state index is 0.0467. The van der Waals surface area contributed by atoms with Crippen molar-refractivity contribution in [3.8, 4) is 0 Å². The van der Waals surface area contributed by atoms with E-state index in [-0.39, 0.29) is 35.4 Å². The van der Waals surface area contributed by atoms with E-state index in [0.717, 1.165) is 25.7 Å². The maximum atomic E-state index is 12.7. The van der Waals surface area contributed by atoms with Gasteiger partial charge in [-0.3, -0.25) is 9.59 Å². The summed E-state index contributed by atoms with van der Waals surface area (Å²) >= 11 is 0. The van der Waals surface area contributed by atoms with Gasteiger partial charge in [0.1, 0.15) is 0 Å². The van der Waals surface area contributed by atoms with E-state index in [2.05, 4.69) is 44.4 Å². The monoisotopic (exact) mass is 439 g/mol. The van der Waals surface area contributed by atoms with Crippen molar-refractivity contribution in [3.63, 3.8) is 0 Å². The first kappa shape index (κ1) is 23.3. The van der Waals surface area contributed by atoms with E-state index >= 15 is 0 Å². The molecule has 176 valence electrons. The lowest BCUT2D eigenvalue weighted by atomic mass is 9.45. The van der Waals surface area contributed by atoms with Gasteiger partial charge < -0.3 is 15.1 Å². The van der Waals surface area contributed by atoms with Crippen LogP contribution in [-0.4, -0.2) is 40.9 Å². The Balaban J connectivity index is 1.50. The highest BCUT2D eigenvalue weighted by Gasteiger charge is 2.64. The zero-order valence-electron chi connectivity index (χ0n) is 20.6. The number of hydrogen-bond donors (Lipinski definition) is 1. The van der Waals surface area contributed by atoms with Crippen molar-refractivity contribution in [3.05, 3.63) is 23.6 Å². The van der Waals surface area contributed by atoms with E-state index in [1.807, 2.05) is 6.92 Å². The Kier molecular flexibility index (Phi) is 5.97. The van der Waals surface area contributed by atoms with Gasteiger partial charge >= 0.3 is 0 Å². The van der Waals surface area contributed by atoms with Gasteiger partial charge in [0.2, 0.25) is 17.4 Å². The van der Waals surface area contributed by atoms with Crippen molar-refractivity contribution in [1.29, 1.82) is 0 Å². The Morgan fingerprint density at radius 3 is 2.66 bits per heavy atom. The molecule has 1 heterocycles. The summed E-state index contributed by atoms with van der Waals surface area (Å²) in [5, 5.41) is 3.22. The quantitative estimate of drug-likeness (QED) is 0.384. The Hall–Kier alpha value is -1.83. The fourth-order valence-corrected chi connectivity index (χ4v) is 7.99. The molecule has 32 heavy (non-hydrogen) atoms. The van der Waals surface area contributed by atoms with Crippen LogP contribution in [0.15, 0.2) is 12.2 Å². The first-order valence-electron chi connectivity index (χ1n) is 12.6. The molecule has 0 aromatic rings. The second kappa shape index (κ2) is 8.19. The molecule has 3 aliphatic carbocycles. The standard InChI is InChI=1S/C27H41N3O2/c1-16-10-11-27(28-7)19(4)8-9-21-17(2)12-20(23(16)24(21)27)13-26(5,6)29-22(31)15-30-14-18(3)25(30)32/h17-21,23-24H,1,8-15H2,2-6H3,(H,29,31)/t17-,18+,19-,20-,21+,23-,24-,27-/m0/s1. The SMILES string of the molecule is [C-]#[N+][C@@]12CCC(=C)[C@H]3[C@H](CC(C)(C)NC(=O)CN4C[C@@H](C)C4=O)C[C@H](C)[C@@H](CC[C@@H]1C)[C@@H]32. The highest BCUT2D eigenvalue weighted by Crippen LogP contribution is 2.63. The second-order valence-electron chi connectivity index (χ2n) is 12.2. The third kappa shape index (κ3) is 3.78. The number of hydrogen-bond acceptors (Lipinski definition) is 2. The summed E-state index contributed by atoms with van der Waals surface area (Å²) in [6.45, 7) is 24.4. The number of carbonyl (C=O) groups excluding carboxylic acids is 2. The fourth-order valence-electron chi connectivity index (χ4n) is 7.99. The highest BCUT2D eigenvalue weighted by atomic mass is 16.2. The molecule has 1 saturated heterocycles. The predicted molar refractivity (Wildman–Crippen MR) is 126 cm³/mol. The van der Waals surface area contributed by atoms with Crippen LogP contribution in [0.3, 0.4) is 0 Å². The van der Waals surface area contributed by atoms with E-state index in [4.69, 9.17) is 6.57 Å². The maximum absolute atomic E-state index is 12.7. The minimum atomic E-state index is -0.355. The summed E-state index contributed by atoms with van der Waals surface area (Å²) < 4.78 is 0. The molecule has 0 radical (unpaired) electrons. The van der Waals surface area contributed by atoms with E-state index in [1.54, 1.807) is 4.90 Å². The van der Waals surface area contributed by atoms with Gasteiger partial charge in [-0.25, -0.2) is 6.57 Å². The van der Waals surface area contributed by atoms with Crippen molar-refractivity contribution in [2.75, 3.05) is 13.1 Å². The molecule has 0 aromatic carbocycles. The zero-order chi connectivity index (χ0) is 23.4. The van der Waals surface area contributed by atoms with Crippen LogP contribution in [0.1, 0.15) is 73.1 Å². The van der Waals surface area contributed by atoms with E-state index in [0.29, 0.717) is 42.1 Å². The van der Waals surface area contributed by atoms with E-state index in [9.17, 15) is 9.59 Å². The topological polar surface area (TPSA) is 53.8 Å². The number of nitrogens with zero attached hydrogens (tertiary/aromatic N) is 2. The van der Waals surface area contributed by atoms with Gasteiger partial charge in [0.15, 0.2) is 0 Å². The molecule has 4 rings (SSSR count). The van der Waals surface area contributed by atoms with Crippen LogP contribution in [0.4, 0.5) is 0 Å². The van der Waals surface area contributed by atoms with Crippen molar-refractivity contribution < 1.29 is 9.59 Å². The Morgan fingerprint density at radius 2 is 2.03 bits per heavy atom. The van der Waals surface area contributed by atoms with Crippen LogP contribution in [0.25, 0.3) is 4.85 Å². The van der Waals surface area contributed by atoms with Gasteiger partial charge in [0.25, 0.3) is 0 Å². The largest absolute Gasteiger partial charge is 0.350 e. The third-order valence-electron chi connectivity index (χ3n) is 9.46. The summed E-state index contributed by atoms with van der Waals surface area (Å²) in [5.74, 6) is 2.96. The zero-order valence-corrected chi connectivity index (χ0v) is 20.6. The average molecular weight is 440 g/mol. The second-order valence-corrected chi connectivity index (χ2v) is 12.2. The molecule has 0 aromatic heterocycles. The number of nitrogens with one attached hydrogen (secondary N) is 1. The van der Waals surface area contributed by atoms with Crippen LogP contribution in [0, 0.1) is 48.0 Å². The molecule has 4 fully saturated rings. The number of β-lactam (4-membered cyclic amide) rings is 1. The maximum Gasteiger partial charge on any atom is 0.240 e. The minimum Gasteiger partial charge on any atom is -0.350 e. The van der Waals surface area contributed by atoms with Crippen LogP contribution in [-0.2, 0) is 9.59 Å². The van der Waals surface area contributed by atoms with Crippen molar-refractivity contribution >= 4 is 11.8 Å². The number of likely N-dealkylation sites (tertiary alicyclic amines) is 1. The summed E-state index contributed by atoms with van der Waals surface area (Å²) in [5.41, 5.74) is 0.753. The highest BCUT2D eigenvalue weighted by molar-refractivity contribution is 5.89. The number of amides is 2. The molecule has 1 N–H and O–H groups in total. The van der Waals surface area contributed by atoms with Gasteiger partial charge in [-0.1, -0.05) is 32.9 Å². The van der Waals surface area contributed by atoms with Crippen molar-refractivity contribution in [1.82, 2.24) is 10.2 Å². The van der Waals surface area contributed by atoms with E-state index in [1.165, 1.54) is 18.4 Å². The predicted octanol–water partition coefficient (Wildman–Crippen LogP) is 4.69.